The second-order valence-corrected chi connectivity index (χ2v) is 4.69. The summed E-state index contributed by atoms with van der Waals surface area (Å²) in [4.78, 5) is 14.2. The highest BCUT2D eigenvalue weighted by Crippen LogP contribution is 2.25. The SMILES string of the molecule is CCN(C)C(=O)c1cc(-c2ccn[nH]2)n2ccccc12. The molecule has 3 heterocycles. The van der Waals surface area contributed by atoms with Crippen molar-refractivity contribution in [3.8, 4) is 11.4 Å². The minimum absolute atomic E-state index is 0.0296. The molecule has 3 rings (SSSR count). The molecule has 3 aromatic rings. The van der Waals surface area contributed by atoms with Crippen LogP contribution in [0.1, 0.15) is 17.3 Å². The number of hydrogen-bond acceptors (Lipinski definition) is 2. The molecule has 0 bridgehead atoms. The predicted octanol–water partition coefficient (Wildman–Crippen LogP) is 2.42. The maximum atomic E-state index is 12.5. The Hall–Kier alpha value is -2.56. The summed E-state index contributed by atoms with van der Waals surface area (Å²) in [5.41, 5.74) is 3.44. The third kappa shape index (κ3) is 1.87. The quantitative estimate of drug-likeness (QED) is 0.793. The maximum Gasteiger partial charge on any atom is 0.255 e. The highest BCUT2D eigenvalue weighted by molar-refractivity contribution is 6.02. The van der Waals surface area contributed by atoms with Crippen molar-refractivity contribution in [3.63, 3.8) is 0 Å². The van der Waals surface area contributed by atoms with E-state index in [0.717, 1.165) is 16.9 Å². The van der Waals surface area contributed by atoms with Gasteiger partial charge in [-0.05, 0) is 31.2 Å². The smallest absolute Gasteiger partial charge is 0.255 e. The monoisotopic (exact) mass is 268 g/mol. The van der Waals surface area contributed by atoms with Crippen molar-refractivity contribution in [2.24, 2.45) is 0 Å². The molecule has 0 aliphatic carbocycles. The minimum atomic E-state index is 0.0296. The van der Waals surface area contributed by atoms with Crippen molar-refractivity contribution in [2.45, 2.75) is 6.92 Å². The van der Waals surface area contributed by atoms with E-state index in [1.165, 1.54) is 0 Å². The molecule has 0 saturated heterocycles. The maximum absolute atomic E-state index is 12.5. The Morgan fingerprint density at radius 2 is 2.25 bits per heavy atom. The van der Waals surface area contributed by atoms with E-state index in [4.69, 9.17) is 0 Å². The zero-order valence-corrected chi connectivity index (χ0v) is 11.5. The number of rotatable bonds is 3. The number of aromatic nitrogens is 3. The average molecular weight is 268 g/mol. The van der Waals surface area contributed by atoms with Gasteiger partial charge in [0, 0.05) is 26.0 Å². The topological polar surface area (TPSA) is 53.4 Å². The fraction of sp³-hybridized carbons (Fsp3) is 0.200. The highest BCUT2D eigenvalue weighted by Gasteiger charge is 2.18. The van der Waals surface area contributed by atoms with Crippen molar-refractivity contribution < 1.29 is 4.79 Å². The molecule has 102 valence electrons. The normalized spacial score (nSPS) is 10.9. The summed E-state index contributed by atoms with van der Waals surface area (Å²) in [5.74, 6) is 0.0296. The third-order valence-corrected chi connectivity index (χ3v) is 3.50. The van der Waals surface area contributed by atoms with Gasteiger partial charge in [0.2, 0.25) is 0 Å². The van der Waals surface area contributed by atoms with Gasteiger partial charge < -0.3 is 9.30 Å². The zero-order chi connectivity index (χ0) is 14.1. The highest BCUT2D eigenvalue weighted by atomic mass is 16.2. The standard InChI is InChI=1S/C15H16N4O/c1-3-18(2)15(20)11-10-14(12-7-8-16-17-12)19-9-5-4-6-13(11)19/h4-10H,3H2,1-2H3,(H,16,17). The second-order valence-electron chi connectivity index (χ2n) is 4.69. The van der Waals surface area contributed by atoms with Crippen LogP contribution < -0.4 is 0 Å². The number of hydrogen-bond donors (Lipinski definition) is 1. The molecule has 0 radical (unpaired) electrons. The molecule has 0 fully saturated rings. The Morgan fingerprint density at radius 1 is 1.40 bits per heavy atom. The van der Waals surface area contributed by atoms with Crippen LogP contribution in [-0.4, -0.2) is 39.0 Å². The number of carbonyl (C=O) groups is 1. The lowest BCUT2D eigenvalue weighted by atomic mass is 10.2. The summed E-state index contributed by atoms with van der Waals surface area (Å²) in [6.07, 6.45) is 3.66. The van der Waals surface area contributed by atoms with Crippen LogP contribution >= 0.6 is 0 Å². The van der Waals surface area contributed by atoms with E-state index in [2.05, 4.69) is 10.2 Å². The second kappa shape index (κ2) is 4.85. The van der Waals surface area contributed by atoms with Gasteiger partial charge in [-0.15, -0.1) is 0 Å². The molecule has 1 amide bonds. The Kier molecular flexibility index (Phi) is 3.02. The summed E-state index contributed by atoms with van der Waals surface area (Å²) in [6.45, 7) is 2.65. The molecule has 5 heteroatoms. The molecular formula is C15H16N4O. The molecule has 1 N–H and O–H groups in total. The van der Waals surface area contributed by atoms with Gasteiger partial charge in [-0.2, -0.15) is 5.10 Å². The first-order chi connectivity index (χ1) is 9.72. The van der Waals surface area contributed by atoms with E-state index in [1.54, 1.807) is 11.1 Å². The van der Waals surface area contributed by atoms with Crippen LogP contribution in [0.2, 0.25) is 0 Å². The van der Waals surface area contributed by atoms with Crippen molar-refractivity contribution >= 4 is 11.4 Å². The Labute approximate surface area is 116 Å². The summed E-state index contributed by atoms with van der Waals surface area (Å²) < 4.78 is 2.00. The molecule has 0 aliphatic rings. The summed E-state index contributed by atoms with van der Waals surface area (Å²) in [7, 11) is 1.81. The van der Waals surface area contributed by atoms with Gasteiger partial charge in [-0.1, -0.05) is 6.07 Å². The van der Waals surface area contributed by atoms with Crippen LogP contribution in [-0.2, 0) is 0 Å². The van der Waals surface area contributed by atoms with Crippen molar-refractivity contribution in [3.05, 3.63) is 48.3 Å². The molecule has 0 aliphatic heterocycles. The van der Waals surface area contributed by atoms with Crippen molar-refractivity contribution in [1.82, 2.24) is 19.5 Å². The summed E-state index contributed by atoms with van der Waals surface area (Å²) in [6, 6.07) is 9.65. The van der Waals surface area contributed by atoms with E-state index >= 15 is 0 Å². The van der Waals surface area contributed by atoms with E-state index < -0.39 is 0 Å². The molecular weight excluding hydrogens is 252 g/mol. The molecule has 0 atom stereocenters. The van der Waals surface area contributed by atoms with Gasteiger partial charge in [-0.3, -0.25) is 9.89 Å². The largest absolute Gasteiger partial charge is 0.342 e. The summed E-state index contributed by atoms with van der Waals surface area (Å²) >= 11 is 0. The lowest BCUT2D eigenvalue weighted by Crippen LogP contribution is -2.25. The Balaban J connectivity index is 2.22. The lowest BCUT2D eigenvalue weighted by Gasteiger charge is -2.13. The van der Waals surface area contributed by atoms with Crippen LogP contribution in [0.5, 0.6) is 0 Å². The van der Waals surface area contributed by atoms with E-state index in [0.29, 0.717) is 12.1 Å². The van der Waals surface area contributed by atoms with Gasteiger partial charge in [0.1, 0.15) is 0 Å². The molecule has 0 unspecified atom stereocenters. The van der Waals surface area contributed by atoms with Crippen LogP contribution in [0.25, 0.3) is 16.9 Å². The van der Waals surface area contributed by atoms with Gasteiger partial charge in [0.25, 0.3) is 5.91 Å². The number of carbonyl (C=O) groups excluding carboxylic acids is 1. The van der Waals surface area contributed by atoms with Crippen LogP contribution in [0.3, 0.4) is 0 Å². The minimum Gasteiger partial charge on any atom is -0.342 e. The van der Waals surface area contributed by atoms with E-state index in [-0.39, 0.29) is 5.91 Å². The third-order valence-electron chi connectivity index (χ3n) is 3.50. The lowest BCUT2D eigenvalue weighted by molar-refractivity contribution is 0.0804. The van der Waals surface area contributed by atoms with Gasteiger partial charge >= 0.3 is 0 Å². The molecule has 20 heavy (non-hydrogen) atoms. The average Bonchev–Trinajstić information content (AvgIpc) is 3.12. The van der Waals surface area contributed by atoms with Gasteiger partial charge in [0.15, 0.2) is 0 Å². The molecule has 0 spiro atoms. The first kappa shape index (κ1) is 12.5. The number of pyridine rings is 1. The van der Waals surface area contributed by atoms with E-state index in [9.17, 15) is 4.79 Å². The van der Waals surface area contributed by atoms with Crippen molar-refractivity contribution in [2.75, 3.05) is 13.6 Å². The van der Waals surface area contributed by atoms with Gasteiger partial charge in [0.05, 0.1) is 22.5 Å². The Bertz CT molecular complexity index is 742. The number of nitrogens with zero attached hydrogens (tertiary/aromatic N) is 3. The Morgan fingerprint density at radius 3 is 2.95 bits per heavy atom. The van der Waals surface area contributed by atoms with Crippen LogP contribution in [0.15, 0.2) is 42.7 Å². The van der Waals surface area contributed by atoms with Gasteiger partial charge in [-0.25, -0.2) is 0 Å². The van der Waals surface area contributed by atoms with Crippen molar-refractivity contribution in [1.29, 1.82) is 0 Å². The van der Waals surface area contributed by atoms with Crippen LogP contribution in [0, 0.1) is 0 Å². The summed E-state index contributed by atoms with van der Waals surface area (Å²) in [5, 5.41) is 6.92. The number of nitrogens with one attached hydrogen (secondary N) is 1. The molecule has 5 nitrogen and oxygen atoms in total. The number of aromatic amines is 1. The fourth-order valence-corrected chi connectivity index (χ4v) is 2.28. The molecule has 3 aromatic heterocycles. The van der Waals surface area contributed by atoms with E-state index in [1.807, 2.05) is 54.9 Å². The predicted molar refractivity (Wildman–Crippen MR) is 77.6 cm³/mol. The first-order valence-electron chi connectivity index (χ1n) is 6.57. The van der Waals surface area contributed by atoms with Crippen LogP contribution in [0.4, 0.5) is 0 Å². The fourth-order valence-electron chi connectivity index (χ4n) is 2.28. The molecule has 0 saturated carbocycles. The number of fused-ring (bicyclic) bond motifs is 1. The first-order valence-corrected chi connectivity index (χ1v) is 6.57. The number of H-pyrrole nitrogens is 1. The molecule has 0 aromatic carbocycles. The zero-order valence-electron chi connectivity index (χ0n) is 11.5. The number of amides is 1.